The van der Waals surface area contributed by atoms with E-state index in [9.17, 15) is 9.59 Å². The normalized spacial score (nSPS) is 13.8. The van der Waals surface area contributed by atoms with E-state index in [1.807, 2.05) is 0 Å². The highest BCUT2D eigenvalue weighted by Crippen LogP contribution is 2.34. The zero-order valence-corrected chi connectivity index (χ0v) is 16.4. The van der Waals surface area contributed by atoms with Crippen LogP contribution in [-0.4, -0.2) is 27.9 Å². The number of nitrogens with zero attached hydrogens (tertiary/aromatic N) is 2. The highest BCUT2D eigenvalue weighted by atomic mass is 32.2. The van der Waals surface area contributed by atoms with E-state index in [0.29, 0.717) is 18.3 Å². The van der Waals surface area contributed by atoms with Gasteiger partial charge in [-0.05, 0) is 44.6 Å². The van der Waals surface area contributed by atoms with E-state index < -0.39 is 0 Å². The van der Waals surface area contributed by atoms with Gasteiger partial charge in [-0.25, -0.2) is 4.98 Å². The fourth-order valence-corrected chi connectivity index (χ4v) is 5.30. The Kier molecular flexibility index (Phi) is 6.17. The van der Waals surface area contributed by atoms with Crippen LogP contribution in [0.3, 0.4) is 0 Å². The average molecular weight is 381 g/mol. The number of ether oxygens (including phenoxy) is 1. The predicted molar refractivity (Wildman–Crippen MR) is 103 cm³/mol. The number of carbonyl (C=O) groups excluding carboxylic acids is 1. The first-order valence-electron chi connectivity index (χ1n) is 8.99. The first-order valence-corrected chi connectivity index (χ1v) is 10.8. The molecule has 1 aliphatic carbocycles. The molecule has 1 aliphatic rings. The minimum Gasteiger partial charge on any atom is -0.465 e. The maximum Gasteiger partial charge on any atom is 0.316 e. The van der Waals surface area contributed by atoms with Gasteiger partial charge in [-0.15, -0.1) is 11.3 Å². The van der Waals surface area contributed by atoms with Crippen LogP contribution in [0.5, 0.6) is 0 Å². The predicted octanol–water partition coefficient (Wildman–Crippen LogP) is 3.79. The summed E-state index contributed by atoms with van der Waals surface area (Å²) in [6, 6.07) is 0. The molecule has 3 rings (SSSR count). The third kappa shape index (κ3) is 3.92. The number of thioether (sulfide) groups is 1. The van der Waals surface area contributed by atoms with E-state index in [1.54, 1.807) is 22.8 Å². The van der Waals surface area contributed by atoms with Crippen molar-refractivity contribution in [1.82, 2.24) is 9.55 Å². The number of aromatic nitrogens is 2. The largest absolute Gasteiger partial charge is 0.465 e. The monoisotopic (exact) mass is 380 g/mol. The Balaban J connectivity index is 2.01. The van der Waals surface area contributed by atoms with Gasteiger partial charge in [0.1, 0.15) is 4.83 Å². The van der Waals surface area contributed by atoms with Crippen molar-refractivity contribution in [3.63, 3.8) is 0 Å². The molecule has 0 N–H and O–H groups in total. The van der Waals surface area contributed by atoms with Crippen molar-refractivity contribution in [2.45, 2.75) is 64.1 Å². The third-order valence-electron chi connectivity index (χ3n) is 4.40. The first kappa shape index (κ1) is 18.5. The van der Waals surface area contributed by atoms with Crippen molar-refractivity contribution in [3.8, 4) is 0 Å². The molecule has 2 aromatic rings. The number of rotatable bonds is 7. The SMILES string of the molecule is CCCCn1c(SCC(=O)OCC)nc2sc3c(c2c1=O)CCCC3. The van der Waals surface area contributed by atoms with Crippen LogP contribution in [0.1, 0.15) is 50.0 Å². The summed E-state index contributed by atoms with van der Waals surface area (Å²) in [4.78, 5) is 31.8. The molecule has 7 heteroatoms. The van der Waals surface area contributed by atoms with Crippen molar-refractivity contribution in [3.05, 3.63) is 20.8 Å². The summed E-state index contributed by atoms with van der Waals surface area (Å²) < 4.78 is 6.76. The minimum absolute atomic E-state index is 0.0595. The average Bonchev–Trinajstić information content (AvgIpc) is 2.98. The molecule has 0 fully saturated rings. The molecular formula is C18H24N2O3S2. The number of aryl methyl sites for hydroxylation is 2. The zero-order chi connectivity index (χ0) is 17.8. The van der Waals surface area contributed by atoms with Gasteiger partial charge >= 0.3 is 5.97 Å². The van der Waals surface area contributed by atoms with Crippen LogP contribution in [0, 0.1) is 0 Å². The summed E-state index contributed by atoms with van der Waals surface area (Å²) >= 11 is 2.96. The van der Waals surface area contributed by atoms with Crippen molar-refractivity contribution in [2.75, 3.05) is 12.4 Å². The summed E-state index contributed by atoms with van der Waals surface area (Å²) in [7, 11) is 0. The molecule has 0 aliphatic heterocycles. The molecule has 0 bridgehead atoms. The smallest absolute Gasteiger partial charge is 0.316 e. The minimum atomic E-state index is -0.269. The Morgan fingerprint density at radius 1 is 1.32 bits per heavy atom. The fourth-order valence-electron chi connectivity index (χ4n) is 3.17. The Hall–Kier alpha value is -1.34. The molecule has 0 spiro atoms. The molecule has 0 saturated carbocycles. The van der Waals surface area contributed by atoms with E-state index in [0.717, 1.165) is 42.3 Å². The third-order valence-corrected chi connectivity index (χ3v) is 6.54. The molecule has 2 heterocycles. The lowest BCUT2D eigenvalue weighted by molar-refractivity contribution is -0.139. The van der Waals surface area contributed by atoms with Crippen LogP contribution >= 0.6 is 23.1 Å². The summed E-state index contributed by atoms with van der Waals surface area (Å²) in [5.74, 6) is -0.0856. The highest BCUT2D eigenvalue weighted by Gasteiger charge is 2.22. The van der Waals surface area contributed by atoms with Gasteiger partial charge in [0.25, 0.3) is 5.56 Å². The summed E-state index contributed by atoms with van der Waals surface area (Å²) in [5.41, 5.74) is 1.28. The van der Waals surface area contributed by atoms with Crippen LogP contribution in [0.25, 0.3) is 10.2 Å². The number of thiophene rings is 1. The molecule has 0 atom stereocenters. The van der Waals surface area contributed by atoms with Gasteiger partial charge in [0.2, 0.25) is 0 Å². The molecule has 0 aromatic carbocycles. The van der Waals surface area contributed by atoms with Crippen molar-refractivity contribution >= 4 is 39.3 Å². The van der Waals surface area contributed by atoms with E-state index >= 15 is 0 Å². The molecule has 25 heavy (non-hydrogen) atoms. The second-order valence-electron chi connectivity index (χ2n) is 6.19. The van der Waals surface area contributed by atoms with Gasteiger partial charge in [-0.1, -0.05) is 25.1 Å². The molecular weight excluding hydrogens is 356 g/mol. The van der Waals surface area contributed by atoms with Crippen LogP contribution in [0.4, 0.5) is 0 Å². The maximum absolute atomic E-state index is 13.2. The van der Waals surface area contributed by atoms with Crippen molar-refractivity contribution in [2.24, 2.45) is 0 Å². The van der Waals surface area contributed by atoms with E-state index in [2.05, 4.69) is 6.92 Å². The summed E-state index contributed by atoms with van der Waals surface area (Å²) in [6.45, 7) is 4.91. The van der Waals surface area contributed by atoms with Gasteiger partial charge in [0, 0.05) is 11.4 Å². The number of hydrogen-bond acceptors (Lipinski definition) is 6. The van der Waals surface area contributed by atoms with E-state index in [-0.39, 0.29) is 17.3 Å². The Labute approximate surface area is 155 Å². The van der Waals surface area contributed by atoms with Crippen LogP contribution in [-0.2, 0) is 28.9 Å². The lowest BCUT2D eigenvalue weighted by atomic mass is 9.97. The quantitative estimate of drug-likeness (QED) is 0.415. The van der Waals surface area contributed by atoms with Crippen LogP contribution in [0.2, 0.25) is 0 Å². The number of esters is 1. The molecule has 0 unspecified atom stereocenters. The number of unbranched alkanes of at least 4 members (excludes halogenated alkanes) is 1. The Morgan fingerprint density at radius 3 is 2.88 bits per heavy atom. The van der Waals surface area contributed by atoms with E-state index in [1.165, 1.54) is 28.6 Å². The lowest BCUT2D eigenvalue weighted by Gasteiger charge is -2.13. The van der Waals surface area contributed by atoms with Gasteiger partial charge in [0.05, 0.1) is 17.7 Å². The molecule has 2 aromatic heterocycles. The van der Waals surface area contributed by atoms with Gasteiger partial charge in [-0.2, -0.15) is 0 Å². The van der Waals surface area contributed by atoms with Gasteiger partial charge in [0.15, 0.2) is 5.16 Å². The fraction of sp³-hybridized carbons (Fsp3) is 0.611. The maximum atomic E-state index is 13.2. The Bertz CT molecular complexity index is 826. The van der Waals surface area contributed by atoms with Crippen LogP contribution < -0.4 is 5.56 Å². The van der Waals surface area contributed by atoms with Crippen molar-refractivity contribution in [1.29, 1.82) is 0 Å². The van der Waals surface area contributed by atoms with Gasteiger partial charge in [-0.3, -0.25) is 14.2 Å². The molecule has 0 amide bonds. The highest BCUT2D eigenvalue weighted by molar-refractivity contribution is 7.99. The molecule has 5 nitrogen and oxygen atoms in total. The second kappa shape index (κ2) is 8.36. The standard InChI is InChI=1S/C18H24N2O3S2/c1-3-5-10-20-17(22)15-12-8-6-7-9-13(12)25-16(15)19-18(20)24-11-14(21)23-4-2/h3-11H2,1-2H3. The number of carbonyl (C=O) groups is 1. The topological polar surface area (TPSA) is 61.2 Å². The Morgan fingerprint density at radius 2 is 2.12 bits per heavy atom. The molecule has 0 radical (unpaired) electrons. The van der Waals surface area contributed by atoms with Crippen LogP contribution in [0.15, 0.2) is 9.95 Å². The number of fused-ring (bicyclic) bond motifs is 3. The van der Waals surface area contributed by atoms with Crippen molar-refractivity contribution < 1.29 is 9.53 Å². The second-order valence-corrected chi connectivity index (χ2v) is 8.22. The lowest BCUT2D eigenvalue weighted by Crippen LogP contribution is -2.24. The van der Waals surface area contributed by atoms with E-state index in [4.69, 9.17) is 9.72 Å². The first-order chi connectivity index (χ1) is 12.2. The zero-order valence-electron chi connectivity index (χ0n) is 14.8. The summed E-state index contributed by atoms with van der Waals surface area (Å²) in [6.07, 6.45) is 6.30. The number of hydrogen-bond donors (Lipinski definition) is 0. The summed E-state index contributed by atoms with van der Waals surface area (Å²) in [5, 5.41) is 1.45. The molecule has 136 valence electrons. The molecule has 0 saturated heterocycles. The van der Waals surface area contributed by atoms with Gasteiger partial charge < -0.3 is 4.74 Å².